The number of alkyl carbamates (subject to hydrolysis) is 1. The molecule has 0 saturated heterocycles. The average molecular weight is 292 g/mol. The third-order valence-corrected chi connectivity index (χ3v) is 2.59. The number of carbonyl (C=O) groups excluding carboxylic acids is 2. The van der Waals surface area contributed by atoms with Crippen molar-refractivity contribution in [2.24, 2.45) is 0 Å². The Bertz CT molecular complexity index is 471. The number of nitrogens with one attached hydrogen (secondary N) is 2. The highest BCUT2D eigenvalue weighted by atomic mass is 16.5. The summed E-state index contributed by atoms with van der Waals surface area (Å²) in [5, 5.41) is 5.81. The number of methoxy groups -OCH3 is 1. The number of rotatable bonds is 8. The van der Waals surface area contributed by atoms with E-state index in [2.05, 4.69) is 21.9 Å². The molecule has 0 atom stereocenters. The van der Waals surface area contributed by atoms with Gasteiger partial charge in [0.25, 0.3) is 0 Å². The maximum atomic E-state index is 11.3. The normalized spacial score (nSPS) is 9.57. The van der Waals surface area contributed by atoms with Crippen molar-refractivity contribution < 1.29 is 19.1 Å². The molecule has 6 nitrogen and oxygen atoms in total. The molecule has 0 saturated carbocycles. The zero-order chi connectivity index (χ0) is 15.5. The minimum Gasteiger partial charge on any atom is -0.465 e. The number of carbonyl (C=O) groups is 2. The van der Waals surface area contributed by atoms with Crippen molar-refractivity contribution in [1.82, 2.24) is 5.32 Å². The maximum absolute atomic E-state index is 11.3. The van der Waals surface area contributed by atoms with Gasteiger partial charge in [-0.05, 0) is 30.7 Å². The second kappa shape index (κ2) is 9.41. The lowest BCUT2D eigenvalue weighted by atomic mass is 10.2. The smallest absolute Gasteiger partial charge is 0.407 e. The van der Waals surface area contributed by atoms with Gasteiger partial charge < -0.3 is 20.1 Å². The van der Waals surface area contributed by atoms with Gasteiger partial charge in [-0.15, -0.1) is 0 Å². The van der Waals surface area contributed by atoms with Crippen LogP contribution in [0.5, 0.6) is 0 Å². The van der Waals surface area contributed by atoms with E-state index in [1.807, 2.05) is 0 Å². The molecular weight excluding hydrogens is 272 g/mol. The van der Waals surface area contributed by atoms with Crippen LogP contribution in [0.3, 0.4) is 0 Å². The highest BCUT2D eigenvalue weighted by molar-refractivity contribution is 5.89. The molecular formula is C15H20N2O4. The molecule has 21 heavy (non-hydrogen) atoms. The number of benzene rings is 1. The standard InChI is InChI=1S/C15H20N2O4/c1-3-11-21-15(19)17-10-4-9-16-13-7-5-12(6-8-13)14(18)20-2/h3,5-8,16H,1,4,9-11H2,2H3,(H,17,19). The van der Waals surface area contributed by atoms with Crippen molar-refractivity contribution in [2.45, 2.75) is 6.42 Å². The van der Waals surface area contributed by atoms with Crippen LogP contribution >= 0.6 is 0 Å². The molecule has 0 aliphatic rings. The Kier molecular flexibility index (Phi) is 7.42. The first kappa shape index (κ1) is 16.6. The minimum absolute atomic E-state index is 0.205. The lowest BCUT2D eigenvalue weighted by Gasteiger charge is -2.08. The summed E-state index contributed by atoms with van der Waals surface area (Å²) in [7, 11) is 1.35. The summed E-state index contributed by atoms with van der Waals surface area (Å²) in [4.78, 5) is 22.4. The first-order valence-corrected chi connectivity index (χ1v) is 6.61. The number of ether oxygens (including phenoxy) is 2. The molecule has 0 heterocycles. The topological polar surface area (TPSA) is 76.7 Å². The third kappa shape index (κ3) is 6.47. The van der Waals surface area contributed by atoms with Crippen molar-refractivity contribution in [3.8, 4) is 0 Å². The summed E-state index contributed by atoms with van der Waals surface area (Å²) in [5.41, 5.74) is 1.41. The Balaban J connectivity index is 2.19. The van der Waals surface area contributed by atoms with Gasteiger partial charge in [0, 0.05) is 18.8 Å². The second-order valence-electron chi connectivity index (χ2n) is 4.16. The van der Waals surface area contributed by atoms with E-state index in [9.17, 15) is 9.59 Å². The van der Waals surface area contributed by atoms with Crippen LogP contribution in [0.4, 0.5) is 10.5 Å². The molecule has 114 valence electrons. The number of amides is 1. The molecule has 0 aromatic heterocycles. The number of anilines is 1. The Morgan fingerprint density at radius 3 is 2.57 bits per heavy atom. The number of esters is 1. The van der Waals surface area contributed by atoms with Crippen LogP contribution in [0.15, 0.2) is 36.9 Å². The molecule has 0 spiro atoms. The summed E-state index contributed by atoms with van der Waals surface area (Å²) in [6, 6.07) is 6.99. The van der Waals surface area contributed by atoms with E-state index in [0.717, 1.165) is 12.1 Å². The van der Waals surface area contributed by atoms with Crippen LogP contribution < -0.4 is 10.6 Å². The fourth-order valence-electron chi connectivity index (χ4n) is 1.54. The monoisotopic (exact) mass is 292 g/mol. The van der Waals surface area contributed by atoms with Gasteiger partial charge in [0.2, 0.25) is 0 Å². The van der Waals surface area contributed by atoms with Gasteiger partial charge in [-0.1, -0.05) is 12.7 Å². The van der Waals surface area contributed by atoms with Gasteiger partial charge in [-0.3, -0.25) is 0 Å². The lowest BCUT2D eigenvalue weighted by molar-refractivity contribution is 0.0600. The van der Waals surface area contributed by atoms with Gasteiger partial charge in [0.1, 0.15) is 6.61 Å². The van der Waals surface area contributed by atoms with E-state index in [1.165, 1.54) is 13.2 Å². The van der Waals surface area contributed by atoms with Crippen molar-refractivity contribution in [3.63, 3.8) is 0 Å². The van der Waals surface area contributed by atoms with E-state index < -0.39 is 6.09 Å². The second-order valence-corrected chi connectivity index (χ2v) is 4.16. The summed E-state index contributed by atoms with van der Waals surface area (Å²) in [6.45, 7) is 4.87. The molecule has 0 fully saturated rings. The molecule has 2 N–H and O–H groups in total. The highest BCUT2D eigenvalue weighted by Gasteiger charge is 2.04. The summed E-state index contributed by atoms with van der Waals surface area (Å²) in [6.07, 6.45) is 1.82. The Morgan fingerprint density at radius 2 is 1.95 bits per heavy atom. The molecule has 1 rings (SSSR count). The minimum atomic E-state index is -0.447. The largest absolute Gasteiger partial charge is 0.465 e. The van der Waals surface area contributed by atoms with Gasteiger partial charge >= 0.3 is 12.1 Å². The van der Waals surface area contributed by atoms with Gasteiger partial charge in [-0.25, -0.2) is 9.59 Å². The van der Waals surface area contributed by atoms with E-state index in [4.69, 9.17) is 4.74 Å². The lowest BCUT2D eigenvalue weighted by Crippen LogP contribution is -2.26. The third-order valence-electron chi connectivity index (χ3n) is 2.59. The Hall–Kier alpha value is -2.50. The van der Waals surface area contributed by atoms with Gasteiger partial charge in [0.15, 0.2) is 0 Å². The summed E-state index contributed by atoms with van der Waals surface area (Å²) in [5.74, 6) is -0.358. The molecule has 0 radical (unpaired) electrons. The zero-order valence-corrected chi connectivity index (χ0v) is 12.1. The van der Waals surface area contributed by atoms with Crippen molar-refractivity contribution in [1.29, 1.82) is 0 Å². The summed E-state index contributed by atoms with van der Waals surface area (Å²) >= 11 is 0. The van der Waals surface area contributed by atoms with Crippen molar-refractivity contribution in [2.75, 3.05) is 32.1 Å². The fourth-order valence-corrected chi connectivity index (χ4v) is 1.54. The predicted octanol–water partition coefficient (Wildman–Crippen LogP) is 2.19. The van der Waals surface area contributed by atoms with E-state index in [1.54, 1.807) is 24.3 Å². The van der Waals surface area contributed by atoms with Crippen LogP contribution in [0, 0.1) is 0 Å². The summed E-state index contributed by atoms with van der Waals surface area (Å²) < 4.78 is 9.39. The molecule has 0 aliphatic carbocycles. The molecule has 1 amide bonds. The molecule has 1 aromatic rings. The SMILES string of the molecule is C=CCOC(=O)NCCCNc1ccc(C(=O)OC)cc1. The van der Waals surface area contributed by atoms with Crippen molar-refractivity contribution in [3.05, 3.63) is 42.5 Å². The van der Waals surface area contributed by atoms with Crippen LogP contribution in [-0.2, 0) is 9.47 Å². The predicted molar refractivity (Wildman–Crippen MR) is 80.4 cm³/mol. The molecule has 0 aliphatic heterocycles. The molecule has 0 unspecified atom stereocenters. The maximum Gasteiger partial charge on any atom is 0.407 e. The average Bonchev–Trinajstić information content (AvgIpc) is 2.52. The quantitative estimate of drug-likeness (QED) is 0.436. The zero-order valence-electron chi connectivity index (χ0n) is 12.1. The molecule has 6 heteroatoms. The highest BCUT2D eigenvalue weighted by Crippen LogP contribution is 2.10. The van der Waals surface area contributed by atoms with E-state index in [-0.39, 0.29) is 12.6 Å². The van der Waals surface area contributed by atoms with Crippen LogP contribution in [0.25, 0.3) is 0 Å². The van der Waals surface area contributed by atoms with Crippen LogP contribution in [0.2, 0.25) is 0 Å². The molecule has 0 bridgehead atoms. The first-order chi connectivity index (χ1) is 10.2. The van der Waals surface area contributed by atoms with E-state index >= 15 is 0 Å². The van der Waals surface area contributed by atoms with E-state index in [0.29, 0.717) is 18.7 Å². The van der Waals surface area contributed by atoms with Crippen LogP contribution in [0.1, 0.15) is 16.8 Å². The Labute approximate surface area is 124 Å². The Morgan fingerprint density at radius 1 is 1.24 bits per heavy atom. The first-order valence-electron chi connectivity index (χ1n) is 6.61. The fraction of sp³-hybridized carbons (Fsp3) is 0.333. The number of hydrogen-bond donors (Lipinski definition) is 2. The van der Waals surface area contributed by atoms with Crippen LogP contribution in [-0.4, -0.2) is 38.9 Å². The van der Waals surface area contributed by atoms with Gasteiger partial charge in [0.05, 0.1) is 12.7 Å². The number of hydrogen-bond acceptors (Lipinski definition) is 5. The molecule has 1 aromatic carbocycles. The van der Waals surface area contributed by atoms with Crippen molar-refractivity contribution >= 4 is 17.7 Å². The van der Waals surface area contributed by atoms with Gasteiger partial charge in [-0.2, -0.15) is 0 Å².